The monoisotopic (exact) mass is 324 g/mol. The van der Waals surface area contributed by atoms with Gasteiger partial charge in [0.15, 0.2) is 5.13 Å². The van der Waals surface area contributed by atoms with Gasteiger partial charge in [0, 0.05) is 17.4 Å². The number of carbonyl (C=O) groups is 1. The molecule has 1 aliphatic rings. The van der Waals surface area contributed by atoms with Crippen molar-refractivity contribution in [3.8, 4) is 0 Å². The highest BCUT2D eigenvalue weighted by molar-refractivity contribution is 7.14. The second kappa shape index (κ2) is 5.38. The van der Waals surface area contributed by atoms with Crippen LogP contribution in [0.15, 0.2) is 17.6 Å². The number of nitrogens with one attached hydrogen (secondary N) is 1. The Morgan fingerprint density at radius 3 is 2.95 bits per heavy atom. The van der Waals surface area contributed by atoms with Gasteiger partial charge in [-0.2, -0.15) is 0 Å². The van der Waals surface area contributed by atoms with E-state index in [0.717, 1.165) is 30.8 Å². The number of amides is 1. The molecule has 0 spiro atoms. The molecule has 2 aromatic heterocycles. The molecule has 21 heavy (non-hydrogen) atoms. The third-order valence-electron chi connectivity index (χ3n) is 3.02. The van der Waals surface area contributed by atoms with E-state index in [1.165, 1.54) is 11.3 Å². The van der Waals surface area contributed by atoms with Crippen molar-refractivity contribution in [1.29, 1.82) is 0 Å². The molecule has 0 saturated heterocycles. The molecule has 0 radical (unpaired) electrons. The number of nitrogens with zero attached hydrogens (tertiary/aromatic N) is 3. The smallest absolute Gasteiger partial charge is 0.288 e. The van der Waals surface area contributed by atoms with Crippen LogP contribution >= 0.6 is 22.9 Å². The van der Waals surface area contributed by atoms with Gasteiger partial charge < -0.3 is 0 Å². The van der Waals surface area contributed by atoms with Gasteiger partial charge >= 0.3 is 0 Å². The predicted molar refractivity (Wildman–Crippen MR) is 77.9 cm³/mol. The van der Waals surface area contributed by atoms with Gasteiger partial charge in [-0.25, -0.2) is 9.97 Å². The van der Waals surface area contributed by atoms with Gasteiger partial charge in [-0.1, -0.05) is 11.6 Å². The standard InChI is InChI=1S/C12H9ClN4O3S/c13-10-8(3-7(4-14-10)17(19)20)11(18)16-12-15-9(5-21-12)6-1-2-6/h3-6H,1-2H2,(H,15,16,18). The van der Waals surface area contributed by atoms with Crippen LogP contribution in [0.1, 0.15) is 34.8 Å². The lowest BCUT2D eigenvalue weighted by molar-refractivity contribution is -0.385. The van der Waals surface area contributed by atoms with E-state index in [1.54, 1.807) is 0 Å². The fraction of sp³-hybridized carbons (Fsp3) is 0.250. The highest BCUT2D eigenvalue weighted by Crippen LogP contribution is 2.40. The van der Waals surface area contributed by atoms with E-state index >= 15 is 0 Å². The second-order valence-electron chi connectivity index (χ2n) is 4.59. The Bertz CT molecular complexity index is 729. The zero-order chi connectivity index (χ0) is 15.0. The van der Waals surface area contributed by atoms with Crippen LogP contribution in [0.5, 0.6) is 0 Å². The molecule has 0 aromatic carbocycles. The van der Waals surface area contributed by atoms with E-state index < -0.39 is 10.8 Å². The van der Waals surface area contributed by atoms with Crippen LogP contribution in [0.2, 0.25) is 5.15 Å². The Balaban J connectivity index is 1.80. The van der Waals surface area contributed by atoms with Crippen molar-refractivity contribution >= 4 is 39.7 Å². The molecule has 1 aliphatic carbocycles. The van der Waals surface area contributed by atoms with Gasteiger partial charge in [-0.15, -0.1) is 11.3 Å². The first-order chi connectivity index (χ1) is 10.0. The summed E-state index contributed by atoms with van der Waals surface area (Å²) in [5.41, 5.74) is 0.634. The van der Waals surface area contributed by atoms with E-state index in [9.17, 15) is 14.9 Å². The number of hydrogen-bond donors (Lipinski definition) is 1. The minimum atomic E-state index is -0.630. The highest BCUT2D eigenvalue weighted by Gasteiger charge is 2.26. The number of aromatic nitrogens is 2. The average molecular weight is 325 g/mol. The third-order valence-corrected chi connectivity index (χ3v) is 4.10. The Hall–Kier alpha value is -2.06. The van der Waals surface area contributed by atoms with Crippen molar-refractivity contribution < 1.29 is 9.72 Å². The van der Waals surface area contributed by atoms with Gasteiger partial charge in [-0.05, 0) is 12.8 Å². The molecule has 1 amide bonds. The maximum Gasteiger partial charge on any atom is 0.288 e. The number of thiazole rings is 1. The van der Waals surface area contributed by atoms with Crippen molar-refractivity contribution in [2.24, 2.45) is 0 Å². The molecule has 3 rings (SSSR count). The van der Waals surface area contributed by atoms with Gasteiger partial charge in [0.2, 0.25) is 0 Å². The lowest BCUT2D eigenvalue weighted by Gasteiger charge is -2.03. The number of anilines is 1. The van der Waals surface area contributed by atoms with E-state index in [0.29, 0.717) is 11.0 Å². The minimum Gasteiger partial charge on any atom is -0.298 e. The van der Waals surface area contributed by atoms with E-state index in [4.69, 9.17) is 11.6 Å². The van der Waals surface area contributed by atoms with E-state index in [1.807, 2.05) is 5.38 Å². The molecule has 0 unspecified atom stereocenters. The molecule has 1 saturated carbocycles. The molecule has 0 bridgehead atoms. The zero-order valence-electron chi connectivity index (χ0n) is 10.6. The summed E-state index contributed by atoms with van der Waals surface area (Å²) in [6.07, 6.45) is 3.25. The molecule has 1 N–H and O–H groups in total. The van der Waals surface area contributed by atoms with Crippen LogP contribution in [-0.2, 0) is 0 Å². The summed E-state index contributed by atoms with van der Waals surface area (Å²) in [4.78, 5) is 30.2. The fourth-order valence-electron chi connectivity index (χ4n) is 1.77. The number of rotatable bonds is 4. The molecular formula is C12H9ClN4O3S. The van der Waals surface area contributed by atoms with Crippen LogP contribution < -0.4 is 5.32 Å². The summed E-state index contributed by atoms with van der Waals surface area (Å²) in [7, 11) is 0. The van der Waals surface area contributed by atoms with Crippen LogP contribution in [0, 0.1) is 10.1 Å². The maximum absolute atomic E-state index is 12.1. The molecule has 7 nitrogen and oxygen atoms in total. The van der Waals surface area contributed by atoms with Gasteiger partial charge in [0.05, 0.1) is 16.2 Å². The average Bonchev–Trinajstić information content (AvgIpc) is 3.20. The van der Waals surface area contributed by atoms with Crippen LogP contribution in [0.4, 0.5) is 10.8 Å². The Kier molecular flexibility index (Phi) is 3.56. The summed E-state index contributed by atoms with van der Waals surface area (Å²) in [5.74, 6) is -0.0668. The summed E-state index contributed by atoms with van der Waals surface area (Å²) in [6.45, 7) is 0. The maximum atomic E-state index is 12.1. The van der Waals surface area contributed by atoms with Crippen molar-refractivity contribution in [1.82, 2.24) is 9.97 Å². The first-order valence-electron chi connectivity index (χ1n) is 6.11. The molecule has 0 atom stereocenters. The summed E-state index contributed by atoms with van der Waals surface area (Å²) in [5, 5.41) is 15.6. The quantitative estimate of drug-likeness (QED) is 0.529. The normalized spacial score (nSPS) is 14.0. The number of nitro groups is 1. The van der Waals surface area contributed by atoms with Gasteiger partial charge in [-0.3, -0.25) is 20.2 Å². The summed E-state index contributed by atoms with van der Waals surface area (Å²) in [6, 6.07) is 1.10. The number of carbonyl (C=O) groups excluding carboxylic acids is 1. The van der Waals surface area contributed by atoms with Crippen LogP contribution in [0.25, 0.3) is 0 Å². The van der Waals surface area contributed by atoms with E-state index in [2.05, 4.69) is 15.3 Å². The van der Waals surface area contributed by atoms with Crippen molar-refractivity contribution in [3.63, 3.8) is 0 Å². The highest BCUT2D eigenvalue weighted by atomic mass is 35.5. The molecule has 2 aromatic rings. The molecule has 108 valence electrons. The SMILES string of the molecule is O=C(Nc1nc(C2CC2)cs1)c1cc([N+](=O)[O-])cnc1Cl. The third kappa shape index (κ3) is 3.01. The Labute approximate surface area is 128 Å². The summed E-state index contributed by atoms with van der Waals surface area (Å²) < 4.78 is 0. The molecule has 0 aliphatic heterocycles. The largest absolute Gasteiger partial charge is 0.298 e. The minimum absolute atomic E-state index is 0.0472. The second-order valence-corrected chi connectivity index (χ2v) is 5.81. The lowest BCUT2D eigenvalue weighted by Crippen LogP contribution is -2.13. The molecule has 9 heteroatoms. The number of pyridine rings is 1. The lowest BCUT2D eigenvalue weighted by atomic mass is 10.2. The molecule has 2 heterocycles. The molecular weight excluding hydrogens is 316 g/mol. The van der Waals surface area contributed by atoms with Gasteiger partial charge in [0.25, 0.3) is 11.6 Å². The van der Waals surface area contributed by atoms with Crippen LogP contribution in [0.3, 0.4) is 0 Å². The zero-order valence-corrected chi connectivity index (χ0v) is 12.1. The fourth-order valence-corrected chi connectivity index (χ4v) is 2.75. The van der Waals surface area contributed by atoms with Crippen molar-refractivity contribution in [3.05, 3.63) is 44.2 Å². The van der Waals surface area contributed by atoms with Crippen molar-refractivity contribution in [2.45, 2.75) is 18.8 Å². The first kappa shape index (κ1) is 13.9. The predicted octanol–water partition coefficient (Wildman–Crippen LogP) is 3.23. The Morgan fingerprint density at radius 2 is 2.29 bits per heavy atom. The van der Waals surface area contributed by atoms with Gasteiger partial charge in [0.1, 0.15) is 11.3 Å². The van der Waals surface area contributed by atoms with Crippen molar-refractivity contribution in [2.75, 3.05) is 5.32 Å². The number of halogens is 1. The first-order valence-corrected chi connectivity index (χ1v) is 7.37. The molecule has 1 fully saturated rings. The number of hydrogen-bond acceptors (Lipinski definition) is 6. The van der Waals surface area contributed by atoms with E-state index in [-0.39, 0.29) is 16.4 Å². The topological polar surface area (TPSA) is 98.0 Å². The Morgan fingerprint density at radius 1 is 1.52 bits per heavy atom. The van der Waals surface area contributed by atoms with Crippen LogP contribution in [-0.4, -0.2) is 20.8 Å². The summed E-state index contributed by atoms with van der Waals surface area (Å²) >= 11 is 7.13.